The molecule has 17 heteroatoms. The minimum Gasteiger partial charge on any atom is -0.507 e. The van der Waals surface area contributed by atoms with E-state index in [0.717, 1.165) is 11.8 Å². The average molecular weight is 981 g/mol. The van der Waals surface area contributed by atoms with E-state index in [-0.39, 0.29) is 90.3 Å². The second-order valence-electron chi connectivity index (χ2n) is 16.4. The maximum atomic E-state index is 14.5. The smallest absolute Gasteiger partial charge is 0.312 e. The Bertz CT molecular complexity index is 2150. The average Bonchev–Trinajstić information content (AvgIpc) is 3.47. The third kappa shape index (κ3) is 9.80. The zero-order chi connectivity index (χ0) is 45.3. The Kier molecular flexibility index (Phi) is 15.1. The number of hydrogen-bond acceptors (Lipinski definition) is 14. The molecule has 1 fully saturated rings. The number of rotatable bonds is 7. The highest BCUT2D eigenvalue weighted by atomic mass is 127. The van der Waals surface area contributed by atoms with Crippen LogP contribution in [0, 0.1) is 30.6 Å². The van der Waals surface area contributed by atoms with Crippen molar-refractivity contribution in [2.75, 3.05) is 29.2 Å². The minimum absolute atomic E-state index is 0.0162. The lowest BCUT2D eigenvalue weighted by Crippen LogP contribution is -2.56. The van der Waals surface area contributed by atoms with E-state index in [1.165, 1.54) is 34.1 Å². The molecule has 0 unspecified atom stereocenters. The van der Waals surface area contributed by atoms with Gasteiger partial charge in [0.25, 0.3) is 11.7 Å². The van der Waals surface area contributed by atoms with Gasteiger partial charge < -0.3 is 54.4 Å². The van der Waals surface area contributed by atoms with E-state index >= 15 is 0 Å². The van der Waals surface area contributed by atoms with Crippen molar-refractivity contribution in [2.45, 2.75) is 110 Å². The maximum Gasteiger partial charge on any atom is 0.312 e. The number of aromatic hydroxyl groups is 3. The highest BCUT2D eigenvalue weighted by Crippen LogP contribution is 2.57. The quantitative estimate of drug-likeness (QED) is 0.0354. The molecule has 334 valence electrons. The van der Waals surface area contributed by atoms with Gasteiger partial charge in [0.15, 0.2) is 11.5 Å². The van der Waals surface area contributed by atoms with Gasteiger partial charge in [-0.05, 0) is 33.8 Å². The number of thioether (sulfide) groups is 1. The summed E-state index contributed by atoms with van der Waals surface area (Å²) < 4.78 is 37.4. The molecule has 9 atom stereocenters. The first-order valence-electron chi connectivity index (χ1n) is 20.1. The number of phenolic OH excluding ortho intramolecular Hbond substituents is 3. The fraction of sp³-hybridized carbons (Fsp3) is 0.545. The van der Waals surface area contributed by atoms with Gasteiger partial charge in [-0.3, -0.25) is 19.2 Å². The molecular weight excluding hydrogens is 923 g/mol. The number of methoxy groups -OCH3 is 1. The molecule has 6 rings (SSSR count). The van der Waals surface area contributed by atoms with Crippen LogP contribution in [0.3, 0.4) is 0 Å². The number of halogens is 1. The molecule has 4 aliphatic heterocycles. The van der Waals surface area contributed by atoms with Gasteiger partial charge in [-0.25, -0.2) is 0 Å². The van der Waals surface area contributed by atoms with Crippen LogP contribution in [-0.2, 0) is 38.1 Å². The number of benzene rings is 2. The number of ketones is 1. The molecule has 0 spiro atoms. The fourth-order valence-electron chi connectivity index (χ4n) is 8.31. The molecule has 61 heavy (non-hydrogen) atoms. The van der Waals surface area contributed by atoms with Crippen molar-refractivity contribution in [1.82, 2.24) is 5.32 Å². The van der Waals surface area contributed by atoms with E-state index in [1.54, 1.807) is 25.2 Å². The summed E-state index contributed by atoms with van der Waals surface area (Å²) in [5.74, 6) is -7.83. The maximum absolute atomic E-state index is 14.5. The lowest BCUT2D eigenvalue weighted by atomic mass is 9.77. The number of phenols is 3. The summed E-state index contributed by atoms with van der Waals surface area (Å²) in [4.78, 5) is 52.9. The Morgan fingerprint density at radius 2 is 1.62 bits per heavy atom. The summed E-state index contributed by atoms with van der Waals surface area (Å²) in [6.45, 7) is 17.5. The lowest BCUT2D eigenvalue weighted by molar-refractivity contribution is -0.336. The first kappa shape index (κ1) is 48.0. The molecule has 2 aromatic carbocycles. The van der Waals surface area contributed by atoms with Crippen LogP contribution in [0.15, 0.2) is 41.0 Å². The number of nitrogens with one attached hydrogen (secondary N) is 2. The number of esters is 1. The van der Waals surface area contributed by atoms with Crippen LogP contribution in [0.5, 0.6) is 23.0 Å². The van der Waals surface area contributed by atoms with Gasteiger partial charge in [-0.2, -0.15) is 0 Å². The third-order valence-electron chi connectivity index (χ3n) is 11.5. The number of carbonyl (C=O) groups is 4. The number of Topliss-reactive ketones (excluding diaryl/α,β-unsaturated/α-hetero) is 1. The van der Waals surface area contributed by atoms with Gasteiger partial charge in [-0.15, -0.1) is 11.8 Å². The third-order valence-corrected chi connectivity index (χ3v) is 13.3. The molecule has 1 saturated heterocycles. The number of allylic oxidation sites excluding steroid dienone is 2. The number of carbonyl (C=O) groups excluding carboxylic acids is 4. The van der Waals surface area contributed by atoms with Crippen LogP contribution >= 0.6 is 34.4 Å². The molecule has 0 radical (unpaired) electrons. The first-order valence-corrected chi connectivity index (χ1v) is 22.6. The van der Waals surface area contributed by atoms with Crippen molar-refractivity contribution >= 4 is 74.4 Å². The largest absolute Gasteiger partial charge is 0.507 e. The molecule has 2 aromatic rings. The standard InChI is InChI=1S/C44H57IN2O13S/c1-20-13-12-14-21(2)42(54)47-32-34(51)30-29(35(52)40(32)61-18-16-46-28(49)19-45)31-39(23(4)33(30)50)60-44(10,41(31)53)56-17-15-27(55-11)22(3)37(57-26(7)48)25(6)38-24(5)36(20)58-43(8,9)59-38/h12-15,17,20,22,24-25,27,36-38,50-52H,16,18-19H2,1-11H3,(H,46,49)(H,47,54)/b13-12+,17-15+,21-14-/t20-,22+,24+,25-,27-,36-,37+,38+,44-/m0/s1. The molecule has 0 aromatic heterocycles. The molecule has 4 aliphatic rings. The summed E-state index contributed by atoms with van der Waals surface area (Å²) in [7, 11) is 1.50. The van der Waals surface area contributed by atoms with Crippen LogP contribution in [0.4, 0.5) is 5.69 Å². The van der Waals surface area contributed by atoms with Crippen molar-refractivity contribution in [1.29, 1.82) is 0 Å². The zero-order valence-corrected chi connectivity index (χ0v) is 39.3. The summed E-state index contributed by atoms with van der Waals surface area (Å²) in [6.07, 6.45) is 5.86. The van der Waals surface area contributed by atoms with Crippen LogP contribution in [0.25, 0.3) is 10.8 Å². The number of amides is 2. The number of ether oxygens (including phenoxy) is 6. The number of hydrogen-bond donors (Lipinski definition) is 5. The van der Waals surface area contributed by atoms with Crippen molar-refractivity contribution in [2.24, 2.45) is 23.7 Å². The van der Waals surface area contributed by atoms with Crippen LogP contribution in [0.2, 0.25) is 0 Å². The summed E-state index contributed by atoms with van der Waals surface area (Å²) >= 11 is 2.95. The van der Waals surface area contributed by atoms with Crippen LogP contribution in [0.1, 0.15) is 78.2 Å². The Balaban J connectivity index is 1.70. The van der Waals surface area contributed by atoms with E-state index in [9.17, 15) is 34.5 Å². The molecule has 0 saturated carbocycles. The molecule has 5 N–H and O–H groups in total. The Hall–Kier alpha value is -4.04. The van der Waals surface area contributed by atoms with E-state index in [1.807, 2.05) is 70.2 Å². The van der Waals surface area contributed by atoms with Gasteiger partial charge in [0, 0.05) is 73.4 Å². The number of anilines is 1. The normalized spacial score (nSPS) is 31.0. The Morgan fingerprint density at radius 1 is 0.951 bits per heavy atom. The topological polar surface area (TPSA) is 208 Å². The van der Waals surface area contributed by atoms with Gasteiger partial charge in [0.05, 0.1) is 44.8 Å². The van der Waals surface area contributed by atoms with Crippen molar-refractivity contribution in [3.05, 3.63) is 47.3 Å². The van der Waals surface area contributed by atoms with E-state index < -0.39 is 70.7 Å². The Morgan fingerprint density at radius 3 is 2.26 bits per heavy atom. The lowest BCUT2D eigenvalue weighted by Gasteiger charge is -2.50. The number of fused-ring (bicyclic) bond motifs is 10. The summed E-state index contributed by atoms with van der Waals surface area (Å²) in [5.41, 5.74) is -0.0673. The highest BCUT2D eigenvalue weighted by Gasteiger charge is 2.51. The van der Waals surface area contributed by atoms with E-state index in [0.29, 0.717) is 0 Å². The highest BCUT2D eigenvalue weighted by molar-refractivity contribution is 14.1. The zero-order valence-electron chi connectivity index (χ0n) is 36.3. The Labute approximate surface area is 374 Å². The first-order chi connectivity index (χ1) is 28.6. The van der Waals surface area contributed by atoms with E-state index in [4.69, 9.17) is 28.4 Å². The summed E-state index contributed by atoms with van der Waals surface area (Å²) in [6, 6.07) is 0. The van der Waals surface area contributed by atoms with E-state index in [2.05, 4.69) is 10.6 Å². The predicted octanol–water partition coefficient (Wildman–Crippen LogP) is 7.20. The van der Waals surface area contributed by atoms with Crippen molar-refractivity contribution < 1.29 is 62.9 Å². The van der Waals surface area contributed by atoms with Crippen LogP contribution < -0.4 is 15.4 Å². The summed E-state index contributed by atoms with van der Waals surface area (Å²) in [5, 5.41) is 40.5. The SMILES string of the molecule is CO[C@H]1/C=C/O[C@@]2(C)Oc3c(C)c(O)c4c(O)c(c(SCCNC(=O)CI)c(O)c4c3C2=O)NC(=O)/C(C)=C\C=C\[C@H](C)[C@@H]2OC(C)(C)O[C@@H]([C@@H](C)[C@H](OC(C)=O)[C@@H]1C)[C@@H]2C. The molecular formula is C44H57IN2O13S. The van der Waals surface area contributed by atoms with Crippen LogP contribution in [-0.4, -0.2) is 98.7 Å². The predicted molar refractivity (Wildman–Crippen MR) is 238 cm³/mol. The minimum atomic E-state index is -2.02. The van der Waals surface area contributed by atoms with Crippen molar-refractivity contribution in [3.8, 4) is 23.0 Å². The second kappa shape index (κ2) is 19.1. The van der Waals surface area contributed by atoms with Gasteiger partial charge in [0.1, 0.15) is 29.0 Å². The molecule has 2 amide bonds. The molecule has 0 aliphatic carbocycles. The molecule has 15 nitrogen and oxygen atoms in total. The monoisotopic (exact) mass is 980 g/mol. The van der Waals surface area contributed by atoms with Gasteiger partial charge in [0.2, 0.25) is 5.91 Å². The van der Waals surface area contributed by atoms with Gasteiger partial charge in [-0.1, -0.05) is 68.5 Å². The van der Waals surface area contributed by atoms with Gasteiger partial charge >= 0.3 is 11.8 Å². The molecule has 4 heterocycles. The second-order valence-corrected chi connectivity index (χ2v) is 18.3. The van der Waals surface area contributed by atoms with Crippen molar-refractivity contribution in [3.63, 3.8) is 0 Å². The molecule has 7 bridgehead atoms. The fourth-order valence-corrected chi connectivity index (χ4v) is 9.52. The number of alkyl halides is 1.